The zero-order valence-corrected chi connectivity index (χ0v) is 23.4. The number of hydrogen-bond acceptors (Lipinski definition) is 2. The van der Waals surface area contributed by atoms with Gasteiger partial charge in [-0.05, 0) is 88.6 Å². The molecule has 1 aliphatic rings. The Kier molecular flexibility index (Phi) is 9.85. The van der Waals surface area contributed by atoms with Gasteiger partial charge in [-0.2, -0.15) is 11.8 Å². The van der Waals surface area contributed by atoms with Crippen molar-refractivity contribution in [2.45, 2.75) is 108 Å². The summed E-state index contributed by atoms with van der Waals surface area (Å²) in [5.74, 6) is 1.39. The van der Waals surface area contributed by atoms with E-state index in [1.54, 1.807) is 0 Å². The SMILES string of the molecule is CCCCc1cc(I)cc(-c2cc(C(C)(C)C)cc(CSC3CCCCCCC3)c2O)c1. The van der Waals surface area contributed by atoms with E-state index in [0.717, 1.165) is 34.1 Å². The molecule has 0 radical (unpaired) electrons. The first-order valence-corrected chi connectivity index (χ1v) is 14.7. The minimum Gasteiger partial charge on any atom is -0.507 e. The van der Waals surface area contributed by atoms with Crippen LogP contribution in [0.25, 0.3) is 11.1 Å². The Morgan fingerprint density at radius 3 is 2.31 bits per heavy atom. The molecule has 2 aromatic carbocycles. The molecule has 0 aromatic heterocycles. The predicted octanol–water partition coefficient (Wildman–Crippen LogP) is 9.65. The van der Waals surface area contributed by atoms with Gasteiger partial charge in [0.25, 0.3) is 0 Å². The monoisotopic (exact) mass is 564 g/mol. The first-order valence-electron chi connectivity index (χ1n) is 12.6. The number of hydrogen-bond donors (Lipinski definition) is 1. The summed E-state index contributed by atoms with van der Waals surface area (Å²) in [4.78, 5) is 0. The smallest absolute Gasteiger partial charge is 0.127 e. The number of halogens is 1. The van der Waals surface area contributed by atoms with Crippen LogP contribution in [0.2, 0.25) is 0 Å². The lowest BCUT2D eigenvalue weighted by molar-refractivity contribution is 0.471. The van der Waals surface area contributed by atoms with Gasteiger partial charge < -0.3 is 5.11 Å². The highest BCUT2D eigenvalue weighted by atomic mass is 127. The first-order chi connectivity index (χ1) is 15.3. The highest BCUT2D eigenvalue weighted by Crippen LogP contribution is 2.41. The minimum absolute atomic E-state index is 0.0507. The molecule has 0 atom stereocenters. The predicted molar refractivity (Wildman–Crippen MR) is 151 cm³/mol. The molecule has 0 bridgehead atoms. The fourth-order valence-corrected chi connectivity index (χ4v) is 6.62. The Morgan fingerprint density at radius 2 is 1.66 bits per heavy atom. The zero-order valence-electron chi connectivity index (χ0n) is 20.5. The fraction of sp³-hybridized carbons (Fsp3) is 0.586. The van der Waals surface area contributed by atoms with E-state index < -0.39 is 0 Å². The summed E-state index contributed by atoms with van der Waals surface area (Å²) in [6.45, 7) is 9.07. The van der Waals surface area contributed by atoms with Gasteiger partial charge in [0.15, 0.2) is 0 Å². The minimum atomic E-state index is 0.0507. The molecular weight excluding hydrogens is 523 g/mol. The molecule has 3 rings (SSSR count). The maximum absolute atomic E-state index is 11.4. The zero-order chi connectivity index (χ0) is 23.1. The Hall–Kier alpha value is -0.680. The summed E-state index contributed by atoms with van der Waals surface area (Å²) in [7, 11) is 0. The second kappa shape index (κ2) is 12.1. The maximum atomic E-state index is 11.4. The molecule has 1 N–H and O–H groups in total. The number of thioether (sulfide) groups is 1. The van der Waals surface area contributed by atoms with Crippen LogP contribution in [0.15, 0.2) is 30.3 Å². The van der Waals surface area contributed by atoms with E-state index in [1.807, 2.05) is 0 Å². The van der Waals surface area contributed by atoms with E-state index in [4.69, 9.17) is 0 Å². The molecule has 1 nitrogen and oxygen atoms in total. The van der Waals surface area contributed by atoms with Gasteiger partial charge in [0.05, 0.1) is 0 Å². The summed E-state index contributed by atoms with van der Waals surface area (Å²) in [6, 6.07) is 11.3. The molecule has 1 saturated carbocycles. The van der Waals surface area contributed by atoms with Gasteiger partial charge in [0.1, 0.15) is 5.75 Å². The van der Waals surface area contributed by atoms with E-state index >= 15 is 0 Å². The van der Waals surface area contributed by atoms with Crippen LogP contribution in [0.4, 0.5) is 0 Å². The first kappa shape index (κ1) is 25.9. The van der Waals surface area contributed by atoms with Gasteiger partial charge in [-0.25, -0.2) is 0 Å². The van der Waals surface area contributed by atoms with Gasteiger partial charge in [-0.1, -0.05) is 78.4 Å². The average molecular weight is 565 g/mol. The highest BCUT2D eigenvalue weighted by Gasteiger charge is 2.21. The fourth-order valence-electron chi connectivity index (χ4n) is 4.58. The van der Waals surface area contributed by atoms with Gasteiger partial charge in [0.2, 0.25) is 0 Å². The lowest BCUT2D eigenvalue weighted by Gasteiger charge is -2.24. The van der Waals surface area contributed by atoms with Crippen LogP contribution in [-0.4, -0.2) is 10.4 Å². The van der Waals surface area contributed by atoms with Crippen molar-refractivity contribution < 1.29 is 5.11 Å². The molecule has 0 unspecified atom stereocenters. The average Bonchev–Trinajstić information content (AvgIpc) is 2.71. The largest absolute Gasteiger partial charge is 0.507 e. The molecule has 1 fully saturated rings. The van der Waals surface area contributed by atoms with E-state index in [9.17, 15) is 5.11 Å². The van der Waals surface area contributed by atoms with Gasteiger partial charge in [-0.3, -0.25) is 0 Å². The molecule has 2 aromatic rings. The number of aromatic hydroxyl groups is 1. The molecule has 0 spiro atoms. The topological polar surface area (TPSA) is 20.2 Å². The van der Waals surface area contributed by atoms with Crippen molar-refractivity contribution in [2.75, 3.05) is 0 Å². The number of aryl methyl sites for hydroxylation is 1. The molecule has 0 saturated heterocycles. The summed E-state index contributed by atoms with van der Waals surface area (Å²) in [6.07, 6.45) is 13.1. The van der Waals surface area contributed by atoms with Crippen LogP contribution < -0.4 is 0 Å². The van der Waals surface area contributed by atoms with Crippen LogP contribution in [-0.2, 0) is 17.6 Å². The Morgan fingerprint density at radius 1 is 0.969 bits per heavy atom. The number of unbranched alkanes of at least 4 members (excludes halogenated alkanes) is 1. The molecule has 0 heterocycles. The molecule has 3 heteroatoms. The third-order valence-corrected chi connectivity index (χ3v) is 8.71. The van der Waals surface area contributed by atoms with Crippen LogP contribution in [0.1, 0.15) is 102 Å². The second-order valence-electron chi connectivity index (χ2n) is 10.5. The normalized spacial score (nSPS) is 16.0. The summed E-state index contributed by atoms with van der Waals surface area (Å²) in [5, 5.41) is 12.1. The number of rotatable bonds is 7. The summed E-state index contributed by atoms with van der Waals surface area (Å²) >= 11 is 4.49. The summed E-state index contributed by atoms with van der Waals surface area (Å²) < 4.78 is 1.25. The summed E-state index contributed by atoms with van der Waals surface area (Å²) in [5.41, 5.74) is 6.00. The van der Waals surface area contributed by atoms with Crippen LogP contribution in [0, 0.1) is 3.57 Å². The molecule has 176 valence electrons. The van der Waals surface area contributed by atoms with Crippen LogP contribution in [0.3, 0.4) is 0 Å². The standard InChI is InChI=1S/C29H41IOS/c1-5-6-12-21-15-22(18-25(30)16-21)27-19-24(29(2,3)4)17-23(28(27)31)20-32-26-13-10-8-7-9-11-14-26/h15-19,26,31H,5-14,20H2,1-4H3. The van der Waals surface area contributed by atoms with Crippen LogP contribution >= 0.6 is 34.4 Å². The molecule has 32 heavy (non-hydrogen) atoms. The van der Waals surface area contributed by atoms with Crippen molar-refractivity contribution in [3.8, 4) is 16.9 Å². The third kappa shape index (κ3) is 7.41. The number of phenols is 1. The molecule has 0 aliphatic heterocycles. The van der Waals surface area contributed by atoms with Crippen molar-refractivity contribution in [3.05, 3.63) is 50.6 Å². The lowest BCUT2D eigenvalue weighted by atomic mass is 9.83. The van der Waals surface area contributed by atoms with Gasteiger partial charge >= 0.3 is 0 Å². The van der Waals surface area contributed by atoms with Gasteiger partial charge in [0, 0.05) is 25.7 Å². The molecule has 0 amide bonds. The lowest BCUT2D eigenvalue weighted by Crippen LogP contribution is -2.12. The second-order valence-corrected chi connectivity index (χ2v) is 13.0. The van der Waals surface area contributed by atoms with Crippen molar-refractivity contribution in [3.63, 3.8) is 0 Å². The van der Waals surface area contributed by atoms with Crippen molar-refractivity contribution >= 4 is 34.4 Å². The van der Waals surface area contributed by atoms with E-state index in [2.05, 4.69) is 92.4 Å². The van der Waals surface area contributed by atoms with E-state index in [0.29, 0.717) is 5.75 Å². The number of phenolic OH excluding ortho intramolecular Hbond substituents is 1. The Bertz CT molecular complexity index is 875. The number of benzene rings is 2. The van der Waals surface area contributed by atoms with Crippen LogP contribution in [0.5, 0.6) is 5.75 Å². The quantitative estimate of drug-likeness (QED) is 0.338. The van der Waals surface area contributed by atoms with E-state index in [1.165, 1.54) is 72.5 Å². The van der Waals surface area contributed by atoms with Gasteiger partial charge in [-0.15, -0.1) is 0 Å². The third-order valence-electron chi connectivity index (χ3n) is 6.67. The maximum Gasteiger partial charge on any atom is 0.127 e. The van der Waals surface area contributed by atoms with Crippen molar-refractivity contribution in [2.24, 2.45) is 0 Å². The van der Waals surface area contributed by atoms with Crippen molar-refractivity contribution in [1.29, 1.82) is 0 Å². The molecular formula is C29H41IOS. The Labute approximate surface area is 214 Å². The Balaban J connectivity index is 1.93. The van der Waals surface area contributed by atoms with E-state index in [-0.39, 0.29) is 5.41 Å². The van der Waals surface area contributed by atoms with Crippen molar-refractivity contribution in [1.82, 2.24) is 0 Å². The molecule has 1 aliphatic carbocycles. The highest BCUT2D eigenvalue weighted by molar-refractivity contribution is 14.1.